The Kier molecular flexibility index (Phi) is 6.94. The van der Waals surface area contributed by atoms with Crippen LogP contribution in [0.5, 0.6) is 0 Å². The lowest BCUT2D eigenvalue weighted by Gasteiger charge is -2.24. The maximum absolute atomic E-state index is 11.9. The molecule has 0 aliphatic carbocycles. The van der Waals surface area contributed by atoms with E-state index in [1.807, 2.05) is 6.92 Å². The molecule has 0 aliphatic heterocycles. The molecular weight excluding hydrogens is 236 g/mol. The van der Waals surface area contributed by atoms with Gasteiger partial charge in [-0.15, -0.1) is 0 Å². The van der Waals surface area contributed by atoms with Crippen molar-refractivity contribution in [2.45, 2.75) is 39.4 Å². The van der Waals surface area contributed by atoms with E-state index < -0.39 is 10.8 Å². The van der Waals surface area contributed by atoms with Crippen molar-refractivity contribution in [3.63, 3.8) is 0 Å². The summed E-state index contributed by atoms with van der Waals surface area (Å²) in [5.41, 5.74) is 5.71. The summed E-state index contributed by atoms with van der Waals surface area (Å²) in [4.78, 5) is 11.9. The number of carbonyl (C=O) groups excluding carboxylic acids is 1. The van der Waals surface area contributed by atoms with Crippen molar-refractivity contribution in [2.24, 2.45) is 17.1 Å². The highest BCUT2D eigenvalue weighted by atomic mass is 32.2. The third kappa shape index (κ3) is 7.49. The van der Waals surface area contributed by atoms with Crippen LogP contribution in [0.2, 0.25) is 0 Å². The fraction of sp³-hybridized carbons (Fsp3) is 0.917. The summed E-state index contributed by atoms with van der Waals surface area (Å²) in [7, 11) is -0.907. The van der Waals surface area contributed by atoms with Crippen LogP contribution in [-0.2, 0) is 15.6 Å². The summed E-state index contributed by atoms with van der Waals surface area (Å²) in [6.07, 6.45) is 2.41. The topological polar surface area (TPSA) is 72.2 Å². The number of hydrogen-bond acceptors (Lipinski definition) is 3. The molecule has 0 bridgehead atoms. The summed E-state index contributed by atoms with van der Waals surface area (Å²) >= 11 is 0. The first-order valence-corrected chi connectivity index (χ1v) is 7.59. The first-order valence-electron chi connectivity index (χ1n) is 5.97. The third-order valence-corrected chi connectivity index (χ3v) is 3.94. The van der Waals surface area contributed by atoms with Crippen LogP contribution in [0, 0.1) is 11.3 Å². The van der Waals surface area contributed by atoms with Crippen LogP contribution in [0.4, 0.5) is 0 Å². The molecule has 0 aliphatic rings. The SMILES string of the molecule is CC(CNC(=O)C(CN)CC(C)(C)C)S(C)=O. The van der Waals surface area contributed by atoms with Crippen LogP contribution < -0.4 is 11.1 Å². The molecule has 0 saturated carbocycles. The van der Waals surface area contributed by atoms with Gasteiger partial charge in [-0.2, -0.15) is 0 Å². The zero-order valence-corrected chi connectivity index (χ0v) is 12.4. The van der Waals surface area contributed by atoms with E-state index in [-0.39, 0.29) is 22.5 Å². The van der Waals surface area contributed by atoms with E-state index in [1.165, 1.54) is 0 Å². The minimum Gasteiger partial charge on any atom is -0.355 e. The highest BCUT2D eigenvalue weighted by molar-refractivity contribution is 7.84. The van der Waals surface area contributed by atoms with E-state index in [0.29, 0.717) is 13.1 Å². The van der Waals surface area contributed by atoms with Gasteiger partial charge in [0.05, 0.1) is 5.92 Å². The van der Waals surface area contributed by atoms with Crippen molar-refractivity contribution in [3.05, 3.63) is 0 Å². The predicted octanol–water partition coefficient (Wildman–Crippen LogP) is 0.881. The molecule has 5 heteroatoms. The van der Waals surface area contributed by atoms with Crippen molar-refractivity contribution in [1.29, 1.82) is 0 Å². The zero-order chi connectivity index (χ0) is 13.6. The Balaban J connectivity index is 4.23. The van der Waals surface area contributed by atoms with Crippen LogP contribution >= 0.6 is 0 Å². The van der Waals surface area contributed by atoms with Crippen molar-refractivity contribution >= 4 is 16.7 Å². The lowest BCUT2D eigenvalue weighted by atomic mass is 9.84. The molecule has 102 valence electrons. The fourth-order valence-electron chi connectivity index (χ4n) is 1.53. The van der Waals surface area contributed by atoms with Crippen molar-refractivity contribution < 1.29 is 9.00 Å². The van der Waals surface area contributed by atoms with Gasteiger partial charge in [-0.25, -0.2) is 0 Å². The lowest BCUT2D eigenvalue weighted by molar-refractivity contribution is -0.125. The molecule has 0 saturated heterocycles. The Labute approximate surface area is 107 Å². The van der Waals surface area contributed by atoms with Crippen molar-refractivity contribution in [2.75, 3.05) is 19.3 Å². The van der Waals surface area contributed by atoms with Gasteiger partial charge in [-0.1, -0.05) is 20.8 Å². The highest BCUT2D eigenvalue weighted by Gasteiger charge is 2.23. The molecule has 1 amide bonds. The Morgan fingerprint density at radius 1 is 1.41 bits per heavy atom. The molecule has 0 aromatic rings. The molecule has 17 heavy (non-hydrogen) atoms. The van der Waals surface area contributed by atoms with Crippen LogP contribution in [0.25, 0.3) is 0 Å². The summed E-state index contributed by atoms with van der Waals surface area (Å²) in [5, 5.41) is 2.80. The van der Waals surface area contributed by atoms with E-state index in [2.05, 4.69) is 26.1 Å². The first-order chi connectivity index (χ1) is 7.67. The third-order valence-electron chi connectivity index (χ3n) is 2.64. The molecule has 3 unspecified atom stereocenters. The van der Waals surface area contributed by atoms with E-state index in [9.17, 15) is 9.00 Å². The second kappa shape index (κ2) is 7.11. The van der Waals surface area contributed by atoms with Gasteiger partial charge in [0.2, 0.25) is 5.91 Å². The maximum Gasteiger partial charge on any atom is 0.224 e. The van der Waals surface area contributed by atoms with Crippen molar-refractivity contribution in [3.8, 4) is 0 Å². The standard InChI is InChI=1S/C12H26N2O2S/c1-9(17(5)16)8-14-11(15)10(7-13)6-12(2,3)4/h9-10H,6-8,13H2,1-5H3,(H,14,15). The summed E-state index contributed by atoms with van der Waals surface area (Å²) in [6.45, 7) is 8.93. The van der Waals surface area contributed by atoms with Gasteiger partial charge in [0, 0.05) is 35.4 Å². The summed E-state index contributed by atoms with van der Waals surface area (Å²) in [6, 6.07) is 0. The van der Waals surface area contributed by atoms with Gasteiger partial charge in [0.1, 0.15) is 0 Å². The number of amides is 1. The Morgan fingerprint density at radius 2 is 1.94 bits per heavy atom. The lowest BCUT2D eigenvalue weighted by Crippen LogP contribution is -2.40. The average molecular weight is 262 g/mol. The van der Waals surface area contributed by atoms with Gasteiger partial charge in [0.15, 0.2) is 0 Å². The van der Waals surface area contributed by atoms with Crippen LogP contribution in [0.1, 0.15) is 34.1 Å². The smallest absolute Gasteiger partial charge is 0.224 e. The van der Waals surface area contributed by atoms with Gasteiger partial charge in [0.25, 0.3) is 0 Å². The molecule has 0 heterocycles. The maximum atomic E-state index is 11.9. The quantitative estimate of drug-likeness (QED) is 0.746. The molecule has 4 nitrogen and oxygen atoms in total. The van der Waals surface area contributed by atoms with E-state index in [0.717, 1.165) is 6.42 Å². The number of carbonyl (C=O) groups is 1. The van der Waals surface area contributed by atoms with Gasteiger partial charge >= 0.3 is 0 Å². The molecule has 0 rings (SSSR count). The Morgan fingerprint density at radius 3 is 2.29 bits per heavy atom. The van der Waals surface area contributed by atoms with Crippen LogP contribution in [0.3, 0.4) is 0 Å². The predicted molar refractivity (Wildman–Crippen MR) is 73.2 cm³/mol. The second-order valence-corrected chi connectivity index (χ2v) is 7.55. The van der Waals surface area contributed by atoms with Crippen LogP contribution in [0.15, 0.2) is 0 Å². The molecule has 0 aromatic carbocycles. The van der Waals surface area contributed by atoms with Gasteiger partial charge < -0.3 is 11.1 Å². The van der Waals surface area contributed by atoms with E-state index in [1.54, 1.807) is 6.26 Å². The highest BCUT2D eigenvalue weighted by Crippen LogP contribution is 2.23. The normalized spacial score (nSPS) is 17.3. The largest absolute Gasteiger partial charge is 0.355 e. The minimum absolute atomic E-state index is 0.0213. The summed E-state index contributed by atoms with van der Waals surface area (Å²) in [5.74, 6) is -0.188. The minimum atomic E-state index is -0.907. The molecule has 0 radical (unpaired) electrons. The monoisotopic (exact) mass is 262 g/mol. The summed E-state index contributed by atoms with van der Waals surface area (Å²) < 4.78 is 11.2. The first kappa shape index (κ1) is 16.6. The molecule has 0 aromatic heterocycles. The van der Waals surface area contributed by atoms with E-state index in [4.69, 9.17) is 5.73 Å². The zero-order valence-electron chi connectivity index (χ0n) is 11.6. The fourth-order valence-corrected chi connectivity index (χ4v) is 1.85. The molecule has 3 atom stereocenters. The van der Waals surface area contributed by atoms with Crippen molar-refractivity contribution in [1.82, 2.24) is 5.32 Å². The molecule has 0 spiro atoms. The average Bonchev–Trinajstić information content (AvgIpc) is 2.20. The number of nitrogens with one attached hydrogen (secondary N) is 1. The molecular formula is C12H26N2O2S. The Bertz CT molecular complexity index is 274. The number of hydrogen-bond donors (Lipinski definition) is 2. The number of rotatable bonds is 6. The van der Waals surface area contributed by atoms with Gasteiger partial charge in [-0.05, 0) is 18.8 Å². The van der Waals surface area contributed by atoms with Gasteiger partial charge in [-0.3, -0.25) is 9.00 Å². The molecule has 3 N–H and O–H groups in total. The van der Waals surface area contributed by atoms with Crippen LogP contribution in [-0.4, -0.2) is 34.7 Å². The van der Waals surface area contributed by atoms with E-state index >= 15 is 0 Å². The molecule has 0 fully saturated rings. The Hall–Kier alpha value is -0.420. The number of nitrogens with two attached hydrogens (primary N) is 1. The second-order valence-electron chi connectivity index (χ2n) is 5.75.